The first-order valence-corrected chi connectivity index (χ1v) is 14.3. The van der Waals surface area contributed by atoms with Gasteiger partial charge in [-0.25, -0.2) is 0 Å². The largest absolute Gasteiger partial charge is 0.494 e. The van der Waals surface area contributed by atoms with Crippen LogP contribution < -0.4 is 9.47 Å². The van der Waals surface area contributed by atoms with Crippen LogP contribution in [0.15, 0.2) is 40.1 Å². The van der Waals surface area contributed by atoms with E-state index >= 15 is 0 Å². The predicted molar refractivity (Wildman–Crippen MR) is 142 cm³/mol. The minimum atomic E-state index is -1.31. The van der Waals surface area contributed by atoms with E-state index in [1.807, 2.05) is 19.9 Å². The Kier molecular flexibility index (Phi) is 11.3. The Morgan fingerprint density at radius 3 is 1.68 bits per heavy atom. The van der Waals surface area contributed by atoms with Crippen molar-refractivity contribution in [2.75, 3.05) is 25.7 Å². The maximum absolute atomic E-state index is 12.7. The van der Waals surface area contributed by atoms with Gasteiger partial charge in [0.15, 0.2) is 11.5 Å². The van der Waals surface area contributed by atoms with Gasteiger partial charge in [0.05, 0.1) is 55.7 Å². The summed E-state index contributed by atoms with van der Waals surface area (Å²) in [7, 11) is 0.368. The summed E-state index contributed by atoms with van der Waals surface area (Å²) in [6.07, 6.45) is 3.76. The van der Waals surface area contributed by atoms with Gasteiger partial charge in [-0.1, -0.05) is 43.1 Å². The number of ether oxygens (including phenoxy) is 2. The monoisotopic (exact) mass is 544 g/mol. The number of rotatable bonds is 12. The summed E-state index contributed by atoms with van der Waals surface area (Å²) in [5.41, 5.74) is 2.22. The van der Waals surface area contributed by atoms with Crippen molar-refractivity contribution in [2.24, 2.45) is 0 Å². The highest BCUT2D eigenvalue weighted by Gasteiger charge is 2.20. The quantitative estimate of drug-likeness (QED) is 0.287. The lowest BCUT2D eigenvalue weighted by atomic mass is 9.95. The van der Waals surface area contributed by atoms with E-state index in [-0.39, 0.29) is 5.78 Å². The number of allylic oxidation sites excluding steroid dienone is 1. The molecule has 0 aliphatic rings. The number of carbonyl (C=O) groups is 1. The smallest absolute Gasteiger partial charge is 0.153 e. The Bertz CT molecular complexity index is 1050. The van der Waals surface area contributed by atoms with E-state index in [0.717, 1.165) is 16.7 Å². The highest BCUT2D eigenvalue weighted by Crippen LogP contribution is 2.40. The average molecular weight is 546 g/mol. The summed E-state index contributed by atoms with van der Waals surface area (Å²) < 4.78 is 36.3. The lowest BCUT2D eigenvalue weighted by molar-refractivity contribution is -0.117. The lowest BCUT2D eigenvalue weighted by Gasteiger charge is -2.17. The number of halogens is 2. The van der Waals surface area contributed by atoms with Crippen molar-refractivity contribution in [3.8, 4) is 11.5 Å². The molecule has 186 valence electrons. The van der Waals surface area contributed by atoms with Crippen molar-refractivity contribution in [1.29, 1.82) is 0 Å². The highest BCUT2D eigenvalue weighted by atomic mass is 35.5. The second kappa shape index (κ2) is 13.4. The highest BCUT2D eigenvalue weighted by molar-refractivity contribution is 7.85. The van der Waals surface area contributed by atoms with Crippen molar-refractivity contribution < 1.29 is 22.7 Å². The van der Waals surface area contributed by atoms with Gasteiger partial charge in [-0.2, -0.15) is 0 Å². The molecule has 2 atom stereocenters. The zero-order chi connectivity index (χ0) is 25.4. The first-order valence-electron chi connectivity index (χ1n) is 10.9. The number of unbranched alkanes of at least 4 members (excludes halogenated alkanes) is 1. The molecule has 0 N–H and O–H groups in total. The van der Waals surface area contributed by atoms with E-state index in [4.69, 9.17) is 32.7 Å². The van der Waals surface area contributed by atoms with E-state index in [1.165, 1.54) is 14.2 Å². The molecule has 0 saturated heterocycles. The van der Waals surface area contributed by atoms with Crippen LogP contribution in [0.4, 0.5) is 0 Å². The zero-order valence-corrected chi connectivity index (χ0v) is 23.2. The second-order valence-electron chi connectivity index (χ2n) is 7.46. The number of Topliss-reactive ketones (excluding diaryl/α,β-unsaturated/α-hetero) is 1. The first kappa shape index (κ1) is 28.6. The number of benzene rings is 2. The molecule has 9 heteroatoms. The van der Waals surface area contributed by atoms with Crippen LogP contribution in [0.2, 0.25) is 10.0 Å². The molecule has 0 spiro atoms. The van der Waals surface area contributed by atoms with Crippen LogP contribution in [-0.2, 0) is 26.4 Å². The number of hydrogen-bond acceptors (Lipinski definition) is 5. The van der Waals surface area contributed by atoms with Gasteiger partial charge in [-0.05, 0) is 60.7 Å². The van der Waals surface area contributed by atoms with Crippen LogP contribution in [0.3, 0.4) is 0 Å². The molecule has 2 rings (SSSR count). The molecule has 0 aromatic heterocycles. The van der Waals surface area contributed by atoms with E-state index in [2.05, 4.69) is 0 Å². The molecule has 0 saturated carbocycles. The Morgan fingerprint density at radius 1 is 0.882 bits per heavy atom. The third kappa shape index (κ3) is 6.94. The van der Waals surface area contributed by atoms with E-state index in [9.17, 15) is 13.2 Å². The van der Waals surface area contributed by atoms with E-state index < -0.39 is 21.6 Å². The standard InChI is InChI=1S/C25H30Cl2O5S2/c1-6-33(29)22-14-17(12-20(26)24(22)31-4)19(11-9-8-10-16(3)28)18-13-21(27)25(32-5)23(15-18)34(30)7-2/h11-15H,6-10H2,1-5H3. The normalized spacial score (nSPS) is 12.7. The van der Waals surface area contributed by atoms with Crippen LogP contribution in [-0.4, -0.2) is 39.9 Å². The van der Waals surface area contributed by atoms with Crippen molar-refractivity contribution in [3.63, 3.8) is 0 Å². The van der Waals surface area contributed by atoms with E-state index in [0.29, 0.717) is 62.1 Å². The van der Waals surface area contributed by atoms with Gasteiger partial charge in [0, 0.05) is 17.9 Å². The summed E-state index contributed by atoms with van der Waals surface area (Å²) in [4.78, 5) is 12.4. The van der Waals surface area contributed by atoms with Crippen LogP contribution >= 0.6 is 23.2 Å². The fraction of sp³-hybridized carbons (Fsp3) is 0.400. The molecule has 2 aromatic carbocycles. The van der Waals surface area contributed by atoms with Crippen LogP contribution in [0.25, 0.3) is 5.57 Å². The SMILES string of the molecule is CCS(=O)c1cc(C(=CCCCC(C)=O)c2cc(Cl)c(OC)c(S(=O)CC)c2)cc(Cl)c1OC. The van der Waals surface area contributed by atoms with Gasteiger partial charge < -0.3 is 14.3 Å². The molecule has 0 aliphatic carbocycles. The molecular weight excluding hydrogens is 515 g/mol. The zero-order valence-electron chi connectivity index (χ0n) is 20.0. The third-order valence-electron chi connectivity index (χ3n) is 5.15. The third-order valence-corrected chi connectivity index (χ3v) is 8.34. The Hall–Kier alpha value is -1.67. The number of hydrogen-bond donors (Lipinski definition) is 0. The maximum atomic E-state index is 12.7. The fourth-order valence-electron chi connectivity index (χ4n) is 3.49. The minimum absolute atomic E-state index is 0.121. The average Bonchev–Trinajstić information content (AvgIpc) is 2.81. The molecule has 5 nitrogen and oxygen atoms in total. The van der Waals surface area contributed by atoms with Gasteiger partial charge in [-0.15, -0.1) is 0 Å². The summed E-state index contributed by atoms with van der Waals surface area (Å²) in [5, 5.41) is 0.673. The van der Waals surface area contributed by atoms with Gasteiger partial charge in [0.25, 0.3) is 0 Å². The minimum Gasteiger partial charge on any atom is -0.494 e. The molecular formula is C25H30Cl2O5S2. The summed E-state index contributed by atoms with van der Waals surface area (Å²) in [5.74, 6) is 1.68. The molecule has 2 unspecified atom stereocenters. The van der Waals surface area contributed by atoms with Gasteiger partial charge in [0.2, 0.25) is 0 Å². The van der Waals surface area contributed by atoms with Crippen molar-refractivity contribution in [1.82, 2.24) is 0 Å². The summed E-state index contributed by atoms with van der Waals surface area (Å²) in [6, 6.07) is 7.11. The predicted octanol–water partition coefficient (Wildman–Crippen LogP) is 6.46. The Morgan fingerprint density at radius 2 is 1.32 bits per heavy atom. The van der Waals surface area contributed by atoms with Crippen LogP contribution in [0.5, 0.6) is 11.5 Å². The van der Waals surface area contributed by atoms with Crippen LogP contribution in [0.1, 0.15) is 51.2 Å². The van der Waals surface area contributed by atoms with Gasteiger partial charge in [-0.3, -0.25) is 8.42 Å². The first-order chi connectivity index (χ1) is 16.2. The van der Waals surface area contributed by atoms with Crippen molar-refractivity contribution in [2.45, 2.75) is 49.8 Å². The second-order valence-corrected chi connectivity index (χ2v) is 11.7. The maximum Gasteiger partial charge on any atom is 0.153 e. The Balaban J connectivity index is 2.76. The summed E-state index contributed by atoms with van der Waals surface area (Å²) >= 11 is 13.1. The topological polar surface area (TPSA) is 69.7 Å². The van der Waals surface area contributed by atoms with E-state index in [1.54, 1.807) is 31.2 Å². The molecule has 0 radical (unpaired) electrons. The fourth-order valence-corrected chi connectivity index (χ4v) is 6.14. The molecule has 0 bridgehead atoms. The molecule has 0 amide bonds. The van der Waals surface area contributed by atoms with Gasteiger partial charge in [0.1, 0.15) is 5.78 Å². The van der Waals surface area contributed by atoms with Crippen molar-refractivity contribution in [3.05, 3.63) is 51.5 Å². The van der Waals surface area contributed by atoms with Gasteiger partial charge >= 0.3 is 0 Å². The molecule has 34 heavy (non-hydrogen) atoms. The molecule has 0 fully saturated rings. The lowest BCUT2D eigenvalue weighted by Crippen LogP contribution is -2.03. The number of methoxy groups -OCH3 is 2. The molecule has 0 aliphatic heterocycles. The number of ketones is 1. The van der Waals surface area contributed by atoms with Crippen LogP contribution in [0, 0.1) is 0 Å². The molecule has 2 aromatic rings. The number of carbonyl (C=O) groups excluding carboxylic acids is 1. The Labute approximate surface area is 216 Å². The molecule has 0 heterocycles. The summed E-state index contributed by atoms with van der Waals surface area (Å²) in [6.45, 7) is 5.21. The van der Waals surface area contributed by atoms with Crippen molar-refractivity contribution >= 4 is 56.2 Å².